The summed E-state index contributed by atoms with van der Waals surface area (Å²) in [6.07, 6.45) is 2.09. The minimum Gasteiger partial charge on any atom is -0.342 e. The molecule has 0 fully saturated rings. The first-order chi connectivity index (χ1) is 19.9. The number of hydrogen-bond acceptors (Lipinski definition) is 5. The Balaban J connectivity index is 1.49. The lowest BCUT2D eigenvalue weighted by atomic mass is 9.92. The smallest absolute Gasteiger partial charge is 0.246 e. The molecular weight excluding hydrogens is 540 g/mol. The molecule has 41 heavy (non-hydrogen) atoms. The molecule has 1 aliphatic rings. The Labute approximate surface area is 245 Å². The first-order valence-corrected chi connectivity index (χ1v) is 14.2. The highest BCUT2D eigenvalue weighted by Gasteiger charge is 2.36. The van der Waals surface area contributed by atoms with Crippen molar-refractivity contribution >= 4 is 40.8 Å². The molecule has 0 aliphatic carbocycles. The molecule has 4 rings (SSSR count). The minimum absolute atomic E-state index is 0.0172. The molecule has 0 saturated carbocycles. The first kappa shape index (κ1) is 30.0. The Bertz CT molecular complexity index is 1360. The van der Waals surface area contributed by atoms with Gasteiger partial charge in [0.05, 0.1) is 0 Å². The number of fused-ring (bicyclic) bond motifs is 1. The molecule has 9 heteroatoms. The predicted octanol–water partition coefficient (Wildman–Crippen LogP) is 4.51. The molecule has 0 unspecified atom stereocenters. The summed E-state index contributed by atoms with van der Waals surface area (Å²) >= 11 is 5.96. The van der Waals surface area contributed by atoms with E-state index in [0.29, 0.717) is 48.5 Å². The van der Waals surface area contributed by atoms with Gasteiger partial charge < -0.3 is 21.3 Å². The van der Waals surface area contributed by atoms with E-state index in [1.54, 1.807) is 48.5 Å². The number of unbranched alkanes of at least 4 members (excludes halogenated alkanes) is 1. The number of anilines is 1. The highest BCUT2D eigenvalue weighted by atomic mass is 35.5. The van der Waals surface area contributed by atoms with Crippen LogP contribution in [0.2, 0.25) is 5.02 Å². The average Bonchev–Trinajstić information content (AvgIpc) is 3.00. The summed E-state index contributed by atoms with van der Waals surface area (Å²) in [4.78, 5) is 54.6. The summed E-state index contributed by atoms with van der Waals surface area (Å²) in [5.74, 6) is -1.18. The summed E-state index contributed by atoms with van der Waals surface area (Å²) in [7, 11) is 0. The molecule has 8 nitrogen and oxygen atoms in total. The van der Waals surface area contributed by atoms with E-state index < -0.39 is 18.0 Å². The van der Waals surface area contributed by atoms with Gasteiger partial charge in [0.15, 0.2) is 5.78 Å². The molecule has 0 spiro atoms. The second-order valence-corrected chi connectivity index (χ2v) is 10.6. The van der Waals surface area contributed by atoms with Crippen molar-refractivity contribution in [3.05, 3.63) is 101 Å². The number of nitrogens with zero attached hydrogens (tertiary/aromatic N) is 1. The quantitative estimate of drug-likeness (QED) is 0.217. The highest BCUT2D eigenvalue weighted by Crippen LogP contribution is 2.25. The van der Waals surface area contributed by atoms with Crippen molar-refractivity contribution < 1.29 is 19.2 Å². The van der Waals surface area contributed by atoms with Crippen molar-refractivity contribution in [1.29, 1.82) is 0 Å². The standard InChI is InChI=1S/C32H35ClN4O4/c33-25-13-15-26(16-14-25)35-31(40)27(12-6-7-19-34)36-32(41)28-20-23-10-4-5-11-24(23)21-37(28)30(39)18-17-29(38)22-8-2-1-3-9-22/h1-5,8-11,13-16,27-28H,6-7,12,17-21,34H2,(H,35,40)(H,36,41)/t27-,28-/m0/s1. The summed E-state index contributed by atoms with van der Waals surface area (Å²) in [5.41, 5.74) is 8.70. The number of nitrogens with one attached hydrogen (secondary N) is 2. The van der Waals surface area contributed by atoms with E-state index in [0.717, 1.165) is 11.1 Å². The molecule has 0 saturated heterocycles. The lowest BCUT2D eigenvalue weighted by Gasteiger charge is -2.37. The molecule has 1 aliphatic heterocycles. The van der Waals surface area contributed by atoms with E-state index in [4.69, 9.17) is 17.3 Å². The van der Waals surface area contributed by atoms with Crippen LogP contribution in [0.25, 0.3) is 0 Å². The normalized spacial score (nSPS) is 15.0. The third-order valence-electron chi connectivity index (χ3n) is 7.22. The van der Waals surface area contributed by atoms with Gasteiger partial charge >= 0.3 is 0 Å². The van der Waals surface area contributed by atoms with Crippen LogP contribution in [0.4, 0.5) is 5.69 Å². The van der Waals surface area contributed by atoms with Gasteiger partial charge in [-0.05, 0) is 61.2 Å². The van der Waals surface area contributed by atoms with E-state index in [1.165, 1.54) is 4.90 Å². The van der Waals surface area contributed by atoms with Gasteiger partial charge in [-0.2, -0.15) is 0 Å². The Morgan fingerprint density at radius 2 is 1.56 bits per heavy atom. The fourth-order valence-electron chi connectivity index (χ4n) is 4.94. The number of halogens is 1. The van der Waals surface area contributed by atoms with Crippen LogP contribution in [0.5, 0.6) is 0 Å². The topological polar surface area (TPSA) is 122 Å². The number of ketones is 1. The Morgan fingerprint density at radius 3 is 2.27 bits per heavy atom. The number of carbonyl (C=O) groups is 4. The van der Waals surface area contributed by atoms with Crippen molar-refractivity contribution in [3.63, 3.8) is 0 Å². The van der Waals surface area contributed by atoms with Crippen molar-refractivity contribution in [1.82, 2.24) is 10.2 Å². The average molecular weight is 575 g/mol. The van der Waals surface area contributed by atoms with Crippen LogP contribution < -0.4 is 16.4 Å². The van der Waals surface area contributed by atoms with Gasteiger partial charge in [-0.1, -0.05) is 66.2 Å². The van der Waals surface area contributed by atoms with Crippen LogP contribution in [0.1, 0.15) is 53.6 Å². The van der Waals surface area contributed by atoms with E-state index in [9.17, 15) is 19.2 Å². The molecule has 2 atom stereocenters. The van der Waals surface area contributed by atoms with Gasteiger partial charge in [0.2, 0.25) is 17.7 Å². The summed E-state index contributed by atoms with van der Waals surface area (Å²) in [5, 5.41) is 6.29. The molecule has 1 heterocycles. The zero-order valence-electron chi connectivity index (χ0n) is 22.9. The molecular formula is C32H35ClN4O4. The van der Waals surface area contributed by atoms with Crippen LogP contribution >= 0.6 is 11.6 Å². The van der Waals surface area contributed by atoms with Crippen LogP contribution in [-0.2, 0) is 27.3 Å². The molecule has 0 aromatic heterocycles. The second kappa shape index (κ2) is 14.6. The maximum atomic E-state index is 13.7. The molecule has 3 aromatic carbocycles. The number of Topliss-reactive ketones (excluding diaryl/α,β-unsaturated/α-hetero) is 1. The Morgan fingerprint density at radius 1 is 0.878 bits per heavy atom. The summed E-state index contributed by atoms with van der Waals surface area (Å²) in [6.45, 7) is 0.726. The second-order valence-electron chi connectivity index (χ2n) is 10.1. The third kappa shape index (κ3) is 8.25. The number of rotatable bonds is 12. The van der Waals surface area contributed by atoms with Crippen LogP contribution in [0.15, 0.2) is 78.9 Å². The number of benzene rings is 3. The van der Waals surface area contributed by atoms with Crippen LogP contribution in [0, 0.1) is 0 Å². The summed E-state index contributed by atoms with van der Waals surface area (Å²) < 4.78 is 0. The zero-order chi connectivity index (χ0) is 29.2. The SMILES string of the molecule is NCCCC[C@H](NC(=O)[C@@H]1Cc2ccccc2CN1C(=O)CCC(=O)c1ccccc1)C(=O)Nc1ccc(Cl)cc1. The number of amides is 3. The molecule has 3 amide bonds. The monoisotopic (exact) mass is 574 g/mol. The maximum Gasteiger partial charge on any atom is 0.246 e. The van der Waals surface area contributed by atoms with Crippen molar-refractivity contribution in [2.75, 3.05) is 11.9 Å². The largest absolute Gasteiger partial charge is 0.342 e. The van der Waals surface area contributed by atoms with E-state index in [2.05, 4.69) is 10.6 Å². The van der Waals surface area contributed by atoms with Gasteiger partial charge in [0, 0.05) is 42.1 Å². The summed E-state index contributed by atoms with van der Waals surface area (Å²) in [6, 6.07) is 21.6. The third-order valence-corrected chi connectivity index (χ3v) is 7.48. The number of carbonyl (C=O) groups excluding carboxylic acids is 4. The Hall–Kier alpha value is -4.01. The molecule has 214 valence electrons. The van der Waals surface area contributed by atoms with Gasteiger partial charge in [0.25, 0.3) is 0 Å². The van der Waals surface area contributed by atoms with Gasteiger partial charge in [0.1, 0.15) is 12.1 Å². The van der Waals surface area contributed by atoms with E-state index in [-0.39, 0.29) is 37.0 Å². The molecule has 0 radical (unpaired) electrons. The van der Waals surface area contributed by atoms with Gasteiger partial charge in [-0.15, -0.1) is 0 Å². The zero-order valence-corrected chi connectivity index (χ0v) is 23.6. The lowest BCUT2D eigenvalue weighted by Crippen LogP contribution is -2.56. The van der Waals surface area contributed by atoms with Gasteiger partial charge in [-0.3, -0.25) is 19.2 Å². The van der Waals surface area contributed by atoms with Crippen molar-refractivity contribution in [2.24, 2.45) is 5.73 Å². The highest BCUT2D eigenvalue weighted by molar-refractivity contribution is 6.30. The van der Waals surface area contributed by atoms with Crippen molar-refractivity contribution in [3.8, 4) is 0 Å². The predicted molar refractivity (Wildman–Crippen MR) is 159 cm³/mol. The number of hydrogen-bond donors (Lipinski definition) is 3. The van der Waals surface area contributed by atoms with E-state index in [1.807, 2.05) is 30.3 Å². The Kier molecular flexibility index (Phi) is 10.6. The maximum absolute atomic E-state index is 13.7. The number of nitrogens with two attached hydrogens (primary N) is 1. The molecule has 3 aromatic rings. The van der Waals surface area contributed by atoms with Crippen LogP contribution in [0.3, 0.4) is 0 Å². The van der Waals surface area contributed by atoms with Crippen LogP contribution in [-0.4, -0.2) is 47.0 Å². The fourth-order valence-corrected chi connectivity index (χ4v) is 5.07. The van der Waals surface area contributed by atoms with Gasteiger partial charge in [-0.25, -0.2) is 0 Å². The van der Waals surface area contributed by atoms with Crippen molar-refractivity contribution in [2.45, 2.75) is 57.2 Å². The first-order valence-electron chi connectivity index (χ1n) is 13.9. The minimum atomic E-state index is -0.821. The fraction of sp³-hybridized carbons (Fsp3) is 0.312. The van der Waals surface area contributed by atoms with E-state index >= 15 is 0 Å². The molecule has 4 N–H and O–H groups in total. The molecule has 0 bridgehead atoms. The lowest BCUT2D eigenvalue weighted by molar-refractivity contribution is -0.142.